The van der Waals surface area contributed by atoms with Crippen molar-refractivity contribution in [3.05, 3.63) is 59.3 Å². The molecule has 1 saturated carbocycles. The molecule has 26 heavy (non-hydrogen) atoms. The van der Waals surface area contributed by atoms with E-state index in [1.165, 1.54) is 0 Å². The second-order valence-electron chi connectivity index (χ2n) is 6.90. The van der Waals surface area contributed by atoms with E-state index in [2.05, 4.69) is 31.1 Å². The Hall–Kier alpha value is -3.09. The molecule has 1 fully saturated rings. The van der Waals surface area contributed by atoms with Crippen molar-refractivity contribution in [1.82, 2.24) is 34.7 Å². The van der Waals surface area contributed by atoms with Crippen LogP contribution in [0.3, 0.4) is 0 Å². The Kier molecular flexibility index (Phi) is 3.19. The molecule has 0 bridgehead atoms. The lowest BCUT2D eigenvalue weighted by molar-refractivity contribution is 0.777. The number of imidazole rings is 1. The van der Waals surface area contributed by atoms with Gasteiger partial charge in [-0.25, -0.2) is 19.9 Å². The topological polar surface area (TPSA) is 85.2 Å². The SMILES string of the molecule is Cc1nc([C@@H]2C[C@H]2c2nc3ccccc3[nH]2)cc(-n2nc(C)nc2C)n1. The highest BCUT2D eigenvalue weighted by atomic mass is 15.4. The first kappa shape index (κ1) is 15.2. The van der Waals surface area contributed by atoms with E-state index in [0.717, 1.165) is 52.3 Å². The maximum Gasteiger partial charge on any atom is 0.159 e. The number of benzene rings is 1. The lowest BCUT2D eigenvalue weighted by Crippen LogP contribution is -2.06. The maximum atomic E-state index is 4.74. The third kappa shape index (κ3) is 2.47. The first-order chi connectivity index (χ1) is 12.6. The van der Waals surface area contributed by atoms with Crippen LogP contribution < -0.4 is 0 Å². The summed E-state index contributed by atoms with van der Waals surface area (Å²) in [6, 6.07) is 10.2. The van der Waals surface area contributed by atoms with Crippen LogP contribution in [0.4, 0.5) is 0 Å². The summed E-state index contributed by atoms with van der Waals surface area (Å²) < 4.78 is 1.78. The largest absolute Gasteiger partial charge is 0.342 e. The molecule has 0 aliphatic heterocycles. The third-order valence-corrected chi connectivity index (χ3v) is 4.87. The number of fused-ring (bicyclic) bond motifs is 1. The van der Waals surface area contributed by atoms with Crippen LogP contribution in [0, 0.1) is 20.8 Å². The molecule has 3 aromatic heterocycles. The molecule has 1 aliphatic carbocycles. The van der Waals surface area contributed by atoms with Crippen molar-refractivity contribution in [1.29, 1.82) is 0 Å². The van der Waals surface area contributed by atoms with E-state index in [0.29, 0.717) is 11.8 Å². The minimum Gasteiger partial charge on any atom is -0.342 e. The number of aromatic amines is 1. The summed E-state index contributed by atoms with van der Waals surface area (Å²) in [5.74, 6) is 4.88. The molecular formula is C19H19N7. The van der Waals surface area contributed by atoms with Gasteiger partial charge in [-0.2, -0.15) is 4.68 Å². The number of aryl methyl sites for hydroxylation is 3. The van der Waals surface area contributed by atoms with Crippen LogP contribution in [-0.4, -0.2) is 34.7 Å². The number of nitrogens with one attached hydrogen (secondary N) is 1. The number of hydrogen-bond donors (Lipinski definition) is 1. The molecular weight excluding hydrogens is 326 g/mol. The van der Waals surface area contributed by atoms with Gasteiger partial charge >= 0.3 is 0 Å². The van der Waals surface area contributed by atoms with Gasteiger partial charge in [-0.05, 0) is 39.3 Å². The second-order valence-corrected chi connectivity index (χ2v) is 6.90. The van der Waals surface area contributed by atoms with Crippen molar-refractivity contribution in [2.45, 2.75) is 39.0 Å². The molecule has 4 aromatic rings. The van der Waals surface area contributed by atoms with Crippen LogP contribution in [0.2, 0.25) is 0 Å². The number of hydrogen-bond acceptors (Lipinski definition) is 5. The first-order valence-electron chi connectivity index (χ1n) is 8.79. The van der Waals surface area contributed by atoms with Crippen molar-refractivity contribution >= 4 is 11.0 Å². The van der Waals surface area contributed by atoms with Crippen LogP contribution in [0.1, 0.15) is 47.2 Å². The van der Waals surface area contributed by atoms with Crippen LogP contribution in [0.15, 0.2) is 30.3 Å². The molecule has 7 heteroatoms. The van der Waals surface area contributed by atoms with Crippen LogP contribution in [-0.2, 0) is 0 Å². The second kappa shape index (κ2) is 5.45. The van der Waals surface area contributed by atoms with E-state index in [1.54, 1.807) is 4.68 Å². The average molecular weight is 345 g/mol. The highest BCUT2D eigenvalue weighted by molar-refractivity contribution is 5.75. The predicted octanol–water partition coefficient (Wildman–Crippen LogP) is 3.13. The summed E-state index contributed by atoms with van der Waals surface area (Å²) in [6.07, 6.45) is 1.05. The van der Waals surface area contributed by atoms with Gasteiger partial charge in [0.25, 0.3) is 0 Å². The van der Waals surface area contributed by atoms with Crippen LogP contribution in [0.5, 0.6) is 0 Å². The quantitative estimate of drug-likeness (QED) is 0.616. The summed E-state index contributed by atoms with van der Waals surface area (Å²) in [5.41, 5.74) is 3.15. The predicted molar refractivity (Wildman–Crippen MR) is 97.4 cm³/mol. The lowest BCUT2D eigenvalue weighted by Gasteiger charge is -2.06. The lowest BCUT2D eigenvalue weighted by atomic mass is 10.2. The minimum absolute atomic E-state index is 0.362. The van der Waals surface area contributed by atoms with E-state index in [4.69, 9.17) is 4.98 Å². The molecule has 0 radical (unpaired) electrons. The fourth-order valence-electron chi connectivity index (χ4n) is 3.58. The summed E-state index contributed by atoms with van der Waals surface area (Å²) in [6.45, 7) is 5.74. The van der Waals surface area contributed by atoms with Gasteiger partial charge in [0.1, 0.15) is 23.3 Å². The van der Waals surface area contributed by atoms with Crippen LogP contribution in [0.25, 0.3) is 16.9 Å². The Morgan fingerprint density at radius 3 is 2.58 bits per heavy atom. The van der Waals surface area contributed by atoms with Crippen molar-refractivity contribution in [3.8, 4) is 5.82 Å². The highest BCUT2D eigenvalue weighted by Gasteiger charge is 2.43. The molecule has 1 aromatic carbocycles. The van der Waals surface area contributed by atoms with Crippen molar-refractivity contribution in [2.75, 3.05) is 0 Å². The molecule has 1 N–H and O–H groups in total. The Morgan fingerprint density at radius 1 is 0.962 bits per heavy atom. The van der Waals surface area contributed by atoms with Gasteiger partial charge < -0.3 is 4.98 Å². The Morgan fingerprint density at radius 2 is 1.81 bits per heavy atom. The van der Waals surface area contributed by atoms with Gasteiger partial charge in [-0.15, -0.1) is 5.10 Å². The monoisotopic (exact) mass is 345 g/mol. The Labute approximate surface area is 150 Å². The summed E-state index contributed by atoms with van der Waals surface area (Å²) >= 11 is 0. The molecule has 0 spiro atoms. The Balaban J connectivity index is 1.48. The summed E-state index contributed by atoms with van der Waals surface area (Å²) in [4.78, 5) is 21.8. The number of H-pyrrole nitrogens is 1. The normalized spacial score (nSPS) is 19.2. The zero-order chi connectivity index (χ0) is 17.8. The minimum atomic E-state index is 0.362. The van der Waals surface area contributed by atoms with Gasteiger partial charge in [0, 0.05) is 17.9 Å². The molecule has 2 atom stereocenters. The molecule has 7 nitrogen and oxygen atoms in total. The van der Waals surface area contributed by atoms with E-state index in [9.17, 15) is 0 Å². The molecule has 0 unspecified atom stereocenters. The number of nitrogens with zero attached hydrogens (tertiary/aromatic N) is 6. The van der Waals surface area contributed by atoms with Crippen LogP contribution >= 0.6 is 0 Å². The summed E-state index contributed by atoms with van der Waals surface area (Å²) in [7, 11) is 0. The van der Waals surface area contributed by atoms with Gasteiger partial charge in [-0.1, -0.05) is 12.1 Å². The zero-order valence-corrected chi connectivity index (χ0v) is 14.9. The standard InChI is InChI=1S/C19H19N7/c1-10-21-17(9-18(22-10)26-12(3)20-11(2)25-26)13-8-14(13)19-23-15-6-4-5-7-16(15)24-19/h4-7,9,13-14H,8H2,1-3H3,(H,23,24)/t13-,14-/m1/s1. The van der Waals surface area contributed by atoms with Gasteiger partial charge in [-0.3, -0.25) is 0 Å². The molecule has 0 saturated heterocycles. The van der Waals surface area contributed by atoms with E-state index in [-0.39, 0.29) is 0 Å². The van der Waals surface area contributed by atoms with Gasteiger partial charge in [0.2, 0.25) is 0 Å². The van der Waals surface area contributed by atoms with E-state index < -0.39 is 0 Å². The molecule has 0 amide bonds. The fraction of sp³-hybridized carbons (Fsp3) is 0.316. The first-order valence-corrected chi connectivity index (χ1v) is 8.79. The van der Waals surface area contributed by atoms with Gasteiger partial charge in [0.15, 0.2) is 5.82 Å². The zero-order valence-electron chi connectivity index (χ0n) is 14.9. The van der Waals surface area contributed by atoms with E-state index >= 15 is 0 Å². The maximum absolute atomic E-state index is 4.74. The van der Waals surface area contributed by atoms with E-state index in [1.807, 2.05) is 45.0 Å². The number of aromatic nitrogens is 7. The fourth-order valence-corrected chi connectivity index (χ4v) is 3.58. The van der Waals surface area contributed by atoms with Crippen molar-refractivity contribution < 1.29 is 0 Å². The molecule has 1 aliphatic rings. The average Bonchev–Trinajstić information content (AvgIpc) is 3.18. The Bertz CT molecular complexity index is 1090. The molecule has 130 valence electrons. The third-order valence-electron chi connectivity index (χ3n) is 4.87. The van der Waals surface area contributed by atoms with Crippen molar-refractivity contribution in [2.24, 2.45) is 0 Å². The summed E-state index contributed by atoms with van der Waals surface area (Å²) in [5, 5.41) is 4.45. The van der Waals surface area contributed by atoms with Crippen molar-refractivity contribution in [3.63, 3.8) is 0 Å². The number of para-hydroxylation sites is 2. The van der Waals surface area contributed by atoms with Gasteiger partial charge in [0.05, 0.1) is 16.7 Å². The smallest absolute Gasteiger partial charge is 0.159 e. The molecule has 5 rings (SSSR count). The molecule has 3 heterocycles. The highest BCUT2D eigenvalue weighted by Crippen LogP contribution is 2.53. The number of rotatable bonds is 3.